The number of aliphatic imine (C=N–C) groups is 1. The van der Waals surface area contributed by atoms with Crippen LogP contribution < -0.4 is 4.90 Å². The number of pyridine rings is 1. The molecule has 0 N–H and O–H groups in total. The maximum absolute atomic E-state index is 5.01. The molecule has 1 aliphatic heterocycles. The van der Waals surface area contributed by atoms with Gasteiger partial charge < -0.3 is 4.90 Å². The third kappa shape index (κ3) is 2.23. The van der Waals surface area contributed by atoms with Crippen LogP contribution in [0.2, 0.25) is 0 Å². The molecule has 0 bridgehead atoms. The standard InChI is InChI=1S/C19H19N3/c1-14-8-7-12-17(20-14)19-21-16-11-5-6-13-18(16)22(19)15-9-3-2-4-10-15/h2-4,6-10,12-13,18-19H,5,11H2,1H3. The fraction of sp³-hybridized carbons (Fsp3) is 0.263. The van der Waals surface area contributed by atoms with E-state index in [0.29, 0.717) is 0 Å². The van der Waals surface area contributed by atoms with Gasteiger partial charge in [-0.15, -0.1) is 0 Å². The normalized spacial score (nSPS) is 23.3. The van der Waals surface area contributed by atoms with Gasteiger partial charge in [0.25, 0.3) is 0 Å². The van der Waals surface area contributed by atoms with Gasteiger partial charge in [-0.05, 0) is 44.0 Å². The molecule has 0 fully saturated rings. The Balaban J connectivity index is 1.81. The lowest BCUT2D eigenvalue weighted by Crippen LogP contribution is -2.36. The summed E-state index contributed by atoms with van der Waals surface area (Å²) >= 11 is 0. The van der Waals surface area contributed by atoms with E-state index < -0.39 is 0 Å². The third-order valence-electron chi connectivity index (χ3n) is 4.31. The molecule has 0 spiro atoms. The molecule has 2 atom stereocenters. The first-order valence-electron chi connectivity index (χ1n) is 7.83. The molecule has 4 rings (SSSR count). The summed E-state index contributed by atoms with van der Waals surface area (Å²) < 4.78 is 0. The van der Waals surface area contributed by atoms with Gasteiger partial charge in [0.1, 0.15) is 0 Å². The molecule has 1 aromatic carbocycles. The number of fused-ring (bicyclic) bond motifs is 1. The number of anilines is 1. The maximum atomic E-state index is 5.01. The number of aryl methyl sites for hydroxylation is 1. The van der Waals surface area contributed by atoms with E-state index in [4.69, 9.17) is 9.98 Å². The lowest BCUT2D eigenvalue weighted by Gasteiger charge is -2.31. The van der Waals surface area contributed by atoms with Crippen molar-refractivity contribution in [3.63, 3.8) is 0 Å². The second-order valence-corrected chi connectivity index (χ2v) is 5.85. The van der Waals surface area contributed by atoms with E-state index in [-0.39, 0.29) is 12.2 Å². The van der Waals surface area contributed by atoms with Gasteiger partial charge in [-0.2, -0.15) is 0 Å². The highest BCUT2D eigenvalue weighted by atomic mass is 15.3. The molecule has 2 unspecified atom stereocenters. The summed E-state index contributed by atoms with van der Waals surface area (Å²) in [4.78, 5) is 12.1. The minimum absolute atomic E-state index is 0.0231. The zero-order valence-corrected chi connectivity index (χ0v) is 12.7. The monoisotopic (exact) mass is 289 g/mol. The van der Waals surface area contributed by atoms with Gasteiger partial charge in [-0.25, -0.2) is 0 Å². The van der Waals surface area contributed by atoms with Crippen molar-refractivity contribution in [1.29, 1.82) is 0 Å². The van der Waals surface area contributed by atoms with E-state index in [1.54, 1.807) is 0 Å². The molecule has 110 valence electrons. The number of hydrogen-bond acceptors (Lipinski definition) is 3. The van der Waals surface area contributed by atoms with Crippen LogP contribution in [-0.4, -0.2) is 16.7 Å². The number of nitrogens with zero attached hydrogens (tertiary/aromatic N) is 3. The van der Waals surface area contributed by atoms with Crippen LogP contribution >= 0.6 is 0 Å². The van der Waals surface area contributed by atoms with Gasteiger partial charge in [-0.3, -0.25) is 9.98 Å². The van der Waals surface area contributed by atoms with E-state index >= 15 is 0 Å². The van der Waals surface area contributed by atoms with Crippen molar-refractivity contribution in [2.75, 3.05) is 4.90 Å². The molecule has 1 aliphatic carbocycles. The van der Waals surface area contributed by atoms with Crippen LogP contribution in [0.4, 0.5) is 5.69 Å². The zero-order chi connectivity index (χ0) is 14.9. The fourth-order valence-corrected chi connectivity index (χ4v) is 3.30. The number of aromatic nitrogens is 1. The Morgan fingerprint density at radius 2 is 1.91 bits per heavy atom. The van der Waals surface area contributed by atoms with E-state index in [9.17, 15) is 0 Å². The van der Waals surface area contributed by atoms with Crippen LogP contribution in [0.1, 0.15) is 30.4 Å². The van der Waals surface area contributed by atoms with Gasteiger partial charge >= 0.3 is 0 Å². The molecule has 2 aliphatic rings. The molecule has 3 heteroatoms. The molecule has 1 aromatic heterocycles. The summed E-state index contributed by atoms with van der Waals surface area (Å²) in [5.41, 5.74) is 4.54. The van der Waals surface area contributed by atoms with Crippen molar-refractivity contribution in [2.24, 2.45) is 4.99 Å². The van der Waals surface area contributed by atoms with E-state index in [1.165, 1.54) is 11.4 Å². The Hall–Kier alpha value is -2.42. The molecule has 2 heterocycles. The second kappa shape index (κ2) is 5.41. The number of hydrogen-bond donors (Lipinski definition) is 0. The van der Waals surface area contributed by atoms with Crippen molar-refractivity contribution in [2.45, 2.75) is 32.0 Å². The van der Waals surface area contributed by atoms with Gasteiger partial charge in [0.15, 0.2) is 6.17 Å². The summed E-state index contributed by atoms with van der Waals surface area (Å²) in [5, 5.41) is 0. The lowest BCUT2D eigenvalue weighted by atomic mass is 9.99. The summed E-state index contributed by atoms with van der Waals surface area (Å²) in [6, 6.07) is 17.0. The zero-order valence-electron chi connectivity index (χ0n) is 12.7. The summed E-state index contributed by atoms with van der Waals surface area (Å²) in [6.45, 7) is 2.03. The van der Waals surface area contributed by atoms with Crippen LogP contribution in [0.3, 0.4) is 0 Å². The van der Waals surface area contributed by atoms with Crippen LogP contribution in [0, 0.1) is 6.92 Å². The lowest BCUT2D eigenvalue weighted by molar-refractivity contribution is 0.671. The highest BCUT2D eigenvalue weighted by Crippen LogP contribution is 2.37. The summed E-state index contributed by atoms with van der Waals surface area (Å²) in [7, 11) is 0. The molecule has 0 radical (unpaired) electrons. The second-order valence-electron chi connectivity index (χ2n) is 5.85. The van der Waals surface area contributed by atoms with Crippen molar-refractivity contribution < 1.29 is 0 Å². The average Bonchev–Trinajstić information content (AvgIpc) is 2.95. The largest absolute Gasteiger partial charge is 0.333 e. The molecule has 0 saturated carbocycles. The SMILES string of the molecule is Cc1cccc(C2N=C3CCC=CC3N2c2ccccc2)n1. The number of rotatable bonds is 2. The number of allylic oxidation sites excluding steroid dienone is 1. The number of para-hydroxylation sites is 1. The van der Waals surface area contributed by atoms with Crippen molar-refractivity contribution in [3.05, 3.63) is 72.1 Å². The van der Waals surface area contributed by atoms with E-state index in [2.05, 4.69) is 59.5 Å². The summed E-state index contributed by atoms with van der Waals surface area (Å²) in [6.07, 6.45) is 6.67. The Morgan fingerprint density at radius 1 is 1.05 bits per heavy atom. The minimum Gasteiger partial charge on any atom is -0.333 e. The van der Waals surface area contributed by atoms with Crippen molar-refractivity contribution in [1.82, 2.24) is 4.98 Å². The van der Waals surface area contributed by atoms with Crippen LogP contribution in [0.15, 0.2) is 65.7 Å². The highest BCUT2D eigenvalue weighted by molar-refractivity contribution is 5.97. The summed E-state index contributed by atoms with van der Waals surface area (Å²) in [5.74, 6) is 0. The Labute approximate surface area is 131 Å². The van der Waals surface area contributed by atoms with Gasteiger partial charge in [0.05, 0.1) is 11.7 Å². The van der Waals surface area contributed by atoms with E-state index in [0.717, 1.165) is 24.2 Å². The van der Waals surface area contributed by atoms with Gasteiger partial charge in [0, 0.05) is 17.1 Å². The predicted octanol–water partition coefficient (Wildman–Crippen LogP) is 4.07. The Kier molecular flexibility index (Phi) is 3.26. The van der Waals surface area contributed by atoms with E-state index in [1.807, 2.05) is 13.0 Å². The maximum Gasteiger partial charge on any atom is 0.164 e. The molecule has 0 saturated heterocycles. The van der Waals surface area contributed by atoms with Crippen LogP contribution in [-0.2, 0) is 0 Å². The van der Waals surface area contributed by atoms with Crippen LogP contribution in [0.25, 0.3) is 0 Å². The molecular weight excluding hydrogens is 270 g/mol. The highest BCUT2D eigenvalue weighted by Gasteiger charge is 2.37. The van der Waals surface area contributed by atoms with Gasteiger partial charge in [-0.1, -0.05) is 36.4 Å². The minimum atomic E-state index is -0.0231. The first-order chi connectivity index (χ1) is 10.8. The molecule has 0 amide bonds. The number of benzene rings is 1. The average molecular weight is 289 g/mol. The predicted molar refractivity (Wildman–Crippen MR) is 90.2 cm³/mol. The first-order valence-corrected chi connectivity index (χ1v) is 7.83. The smallest absolute Gasteiger partial charge is 0.164 e. The van der Waals surface area contributed by atoms with Crippen molar-refractivity contribution in [3.8, 4) is 0 Å². The fourth-order valence-electron chi connectivity index (χ4n) is 3.30. The molecule has 22 heavy (non-hydrogen) atoms. The third-order valence-corrected chi connectivity index (χ3v) is 4.31. The van der Waals surface area contributed by atoms with Crippen LogP contribution in [0.5, 0.6) is 0 Å². The van der Waals surface area contributed by atoms with Gasteiger partial charge in [0.2, 0.25) is 0 Å². The molecular formula is C19H19N3. The topological polar surface area (TPSA) is 28.5 Å². The molecule has 3 nitrogen and oxygen atoms in total. The van der Waals surface area contributed by atoms with Crippen molar-refractivity contribution >= 4 is 11.4 Å². The Bertz CT molecular complexity index is 733. The first kappa shape index (κ1) is 13.3. The Morgan fingerprint density at radius 3 is 2.73 bits per heavy atom. The molecule has 2 aromatic rings. The quantitative estimate of drug-likeness (QED) is 0.780.